The number of benzene rings is 1. The molecule has 0 aliphatic carbocycles. The SMILES string of the molecule is FC(F)(F)c1c[c-]c(-c2ccccn2)cc1.[Ir]. The van der Waals surface area contributed by atoms with Gasteiger partial charge in [-0.05, 0) is 17.3 Å². The molecule has 0 aliphatic rings. The van der Waals surface area contributed by atoms with Gasteiger partial charge in [0.2, 0.25) is 0 Å². The number of rotatable bonds is 1. The summed E-state index contributed by atoms with van der Waals surface area (Å²) in [6.45, 7) is 0. The number of hydrogen-bond donors (Lipinski definition) is 0. The number of pyridine rings is 1. The van der Waals surface area contributed by atoms with E-state index in [4.69, 9.17) is 0 Å². The molecule has 0 bridgehead atoms. The van der Waals surface area contributed by atoms with Crippen LogP contribution in [0.4, 0.5) is 13.2 Å². The molecule has 0 saturated carbocycles. The van der Waals surface area contributed by atoms with Crippen LogP contribution in [0.3, 0.4) is 0 Å². The van der Waals surface area contributed by atoms with E-state index in [2.05, 4.69) is 11.1 Å². The van der Waals surface area contributed by atoms with Crippen LogP contribution in [0, 0.1) is 6.07 Å². The van der Waals surface area contributed by atoms with Gasteiger partial charge >= 0.3 is 6.18 Å². The van der Waals surface area contributed by atoms with Gasteiger partial charge in [-0.1, -0.05) is 12.1 Å². The minimum atomic E-state index is -4.32. The van der Waals surface area contributed by atoms with E-state index < -0.39 is 11.7 Å². The molecule has 2 rings (SSSR count). The predicted molar refractivity (Wildman–Crippen MR) is 53.5 cm³/mol. The summed E-state index contributed by atoms with van der Waals surface area (Å²) in [5.41, 5.74) is 0.456. The van der Waals surface area contributed by atoms with E-state index in [0.29, 0.717) is 11.3 Å². The van der Waals surface area contributed by atoms with Gasteiger partial charge in [-0.2, -0.15) is 13.2 Å². The first-order valence-electron chi connectivity index (χ1n) is 4.58. The van der Waals surface area contributed by atoms with Crippen molar-refractivity contribution in [2.75, 3.05) is 0 Å². The Bertz CT molecular complexity index is 465. The average molecular weight is 414 g/mol. The van der Waals surface area contributed by atoms with Crippen molar-refractivity contribution in [1.29, 1.82) is 0 Å². The molecule has 1 nitrogen and oxygen atoms in total. The van der Waals surface area contributed by atoms with Gasteiger partial charge < -0.3 is 4.98 Å². The Morgan fingerprint density at radius 2 is 1.82 bits per heavy atom. The summed E-state index contributed by atoms with van der Waals surface area (Å²) in [5.74, 6) is 0. The van der Waals surface area contributed by atoms with Crippen LogP contribution >= 0.6 is 0 Å². The third kappa shape index (κ3) is 3.38. The largest absolute Gasteiger partial charge is 0.381 e. The zero-order valence-corrected chi connectivity index (χ0v) is 10.9. The fourth-order valence-corrected chi connectivity index (χ4v) is 1.28. The summed E-state index contributed by atoms with van der Waals surface area (Å²) < 4.78 is 36.9. The van der Waals surface area contributed by atoms with Crippen LogP contribution < -0.4 is 0 Å². The summed E-state index contributed by atoms with van der Waals surface area (Å²) >= 11 is 0. The molecule has 0 aliphatic heterocycles. The topological polar surface area (TPSA) is 12.9 Å². The minimum Gasteiger partial charge on any atom is -0.305 e. The predicted octanol–water partition coefficient (Wildman–Crippen LogP) is 3.57. The van der Waals surface area contributed by atoms with Gasteiger partial charge in [0.05, 0.1) is 0 Å². The molecule has 91 valence electrons. The molecular formula is C12H7F3IrN-. The molecule has 0 unspecified atom stereocenters. The van der Waals surface area contributed by atoms with Crippen molar-refractivity contribution in [3.05, 3.63) is 54.2 Å². The van der Waals surface area contributed by atoms with Crippen LogP contribution in [-0.2, 0) is 26.3 Å². The Labute approximate surface area is 110 Å². The Morgan fingerprint density at radius 3 is 2.29 bits per heavy atom. The molecule has 0 amide bonds. The van der Waals surface area contributed by atoms with E-state index in [1.54, 1.807) is 24.4 Å². The Kier molecular flexibility index (Phi) is 4.43. The van der Waals surface area contributed by atoms with E-state index in [9.17, 15) is 13.2 Å². The Balaban J connectivity index is 0.00000144. The van der Waals surface area contributed by atoms with E-state index in [-0.39, 0.29) is 20.1 Å². The maximum Gasteiger partial charge on any atom is 0.381 e. The molecule has 2 aromatic rings. The van der Waals surface area contributed by atoms with Gasteiger partial charge in [0.1, 0.15) is 0 Å². The van der Waals surface area contributed by atoms with Crippen LogP contribution in [0.15, 0.2) is 42.6 Å². The molecule has 1 aromatic carbocycles. The summed E-state index contributed by atoms with van der Waals surface area (Å²) in [4.78, 5) is 4.03. The average Bonchev–Trinajstić information content (AvgIpc) is 2.29. The maximum absolute atomic E-state index is 12.3. The third-order valence-corrected chi connectivity index (χ3v) is 2.08. The number of aromatic nitrogens is 1. The first-order valence-corrected chi connectivity index (χ1v) is 4.58. The zero-order valence-electron chi connectivity index (χ0n) is 8.46. The molecule has 5 heteroatoms. The first kappa shape index (κ1) is 13.9. The molecule has 1 heterocycles. The number of nitrogens with zero attached hydrogens (tertiary/aromatic N) is 1. The number of alkyl halides is 3. The normalized spacial score (nSPS) is 10.8. The van der Waals surface area contributed by atoms with Crippen LogP contribution in [0.1, 0.15) is 5.56 Å². The van der Waals surface area contributed by atoms with Crippen LogP contribution in [-0.4, -0.2) is 4.98 Å². The molecule has 0 fully saturated rings. The maximum atomic E-state index is 12.3. The van der Waals surface area contributed by atoms with Gasteiger partial charge in [-0.15, -0.1) is 29.8 Å². The summed E-state index contributed by atoms with van der Waals surface area (Å²) in [5, 5.41) is 0. The second kappa shape index (κ2) is 5.43. The van der Waals surface area contributed by atoms with Crippen LogP contribution in [0.5, 0.6) is 0 Å². The first-order chi connectivity index (χ1) is 7.57. The quantitative estimate of drug-likeness (QED) is 0.651. The Hall–Kier alpha value is -1.19. The van der Waals surface area contributed by atoms with Crippen molar-refractivity contribution in [2.24, 2.45) is 0 Å². The molecule has 1 aromatic heterocycles. The third-order valence-electron chi connectivity index (χ3n) is 2.08. The van der Waals surface area contributed by atoms with Crippen molar-refractivity contribution in [3.8, 4) is 11.3 Å². The molecule has 0 saturated heterocycles. The summed E-state index contributed by atoms with van der Waals surface area (Å²) in [7, 11) is 0. The minimum absolute atomic E-state index is 0. The van der Waals surface area contributed by atoms with E-state index in [0.717, 1.165) is 12.1 Å². The second-order valence-electron chi connectivity index (χ2n) is 3.20. The van der Waals surface area contributed by atoms with Gasteiger partial charge in [0, 0.05) is 26.3 Å². The van der Waals surface area contributed by atoms with Gasteiger partial charge in [0.15, 0.2) is 0 Å². The molecule has 1 radical (unpaired) electrons. The molecule has 0 spiro atoms. The molecule has 17 heavy (non-hydrogen) atoms. The van der Waals surface area contributed by atoms with E-state index in [1.807, 2.05) is 0 Å². The second-order valence-corrected chi connectivity index (χ2v) is 3.20. The number of hydrogen-bond acceptors (Lipinski definition) is 1. The standard InChI is InChI=1S/C12H7F3N.Ir/c13-12(14,15)10-6-4-9(5-7-10)11-3-1-2-8-16-11;/h1-4,6-8H;/q-1;. The fourth-order valence-electron chi connectivity index (χ4n) is 1.28. The van der Waals surface area contributed by atoms with Gasteiger partial charge in [0.25, 0.3) is 0 Å². The zero-order chi connectivity index (χ0) is 11.6. The van der Waals surface area contributed by atoms with Crippen LogP contribution in [0.2, 0.25) is 0 Å². The van der Waals surface area contributed by atoms with Crippen molar-refractivity contribution in [1.82, 2.24) is 4.98 Å². The summed E-state index contributed by atoms with van der Waals surface area (Å²) in [6.07, 6.45) is -2.74. The monoisotopic (exact) mass is 415 g/mol. The van der Waals surface area contributed by atoms with Crippen LogP contribution in [0.25, 0.3) is 11.3 Å². The smallest absolute Gasteiger partial charge is 0.305 e. The van der Waals surface area contributed by atoms with Crippen molar-refractivity contribution >= 4 is 0 Å². The van der Waals surface area contributed by atoms with Crippen molar-refractivity contribution in [2.45, 2.75) is 6.18 Å². The van der Waals surface area contributed by atoms with Crippen molar-refractivity contribution < 1.29 is 33.3 Å². The summed E-state index contributed by atoms with van der Waals surface area (Å²) in [6, 6.07) is 11.1. The van der Waals surface area contributed by atoms with Gasteiger partial charge in [-0.25, -0.2) is 0 Å². The molecule has 0 atom stereocenters. The van der Waals surface area contributed by atoms with Gasteiger partial charge in [-0.3, -0.25) is 0 Å². The fraction of sp³-hybridized carbons (Fsp3) is 0.0833. The molecule has 0 N–H and O–H groups in total. The Morgan fingerprint density at radius 1 is 1.06 bits per heavy atom. The van der Waals surface area contributed by atoms with E-state index in [1.165, 1.54) is 6.07 Å². The van der Waals surface area contributed by atoms with E-state index >= 15 is 0 Å². The number of halogens is 3. The molecular weight excluding hydrogens is 407 g/mol. The van der Waals surface area contributed by atoms with Crippen molar-refractivity contribution in [3.63, 3.8) is 0 Å².